The molecule has 5 heteroatoms. The van der Waals surface area contributed by atoms with Gasteiger partial charge in [-0.25, -0.2) is 0 Å². The lowest BCUT2D eigenvalue weighted by Crippen LogP contribution is -2.35. The number of hydrogen-bond donors (Lipinski definition) is 1. The molecule has 0 fully saturated rings. The van der Waals surface area contributed by atoms with E-state index < -0.39 is 5.97 Å². The van der Waals surface area contributed by atoms with Crippen molar-refractivity contribution >= 4 is 11.9 Å². The quantitative estimate of drug-likeness (QED) is 0.726. The first-order valence-electron chi connectivity index (χ1n) is 5.26. The second kappa shape index (κ2) is 6.52. The Morgan fingerprint density at radius 2 is 2.29 bits per heavy atom. The summed E-state index contributed by atoms with van der Waals surface area (Å²) < 4.78 is 5.10. The first-order chi connectivity index (χ1) is 8.13. The highest BCUT2D eigenvalue weighted by Crippen LogP contribution is 2.05. The maximum Gasteiger partial charge on any atom is 0.323 e. The molecule has 0 aliphatic rings. The number of hydrogen-bond acceptors (Lipinski definition) is 3. The highest BCUT2D eigenvalue weighted by atomic mass is 16.4. The number of furan rings is 1. The predicted molar refractivity (Wildman–Crippen MR) is 61.4 cm³/mol. The fourth-order valence-electron chi connectivity index (χ4n) is 1.42. The fraction of sp³-hybridized carbons (Fsp3) is 0.333. The molecule has 0 unspecified atom stereocenters. The first-order valence-corrected chi connectivity index (χ1v) is 5.26. The van der Waals surface area contributed by atoms with Gasteiger partial charge in [0.1, 0.15) is 12.3 Å². The molecule has 0 atom stereocenters. The highest BCUT2D eigenvalue weighted by molar-refractivity contribution is 5.81. The minimum atomic E-state index is -1.03. The van der Waals surface area contributed by atoms with Gasteiger partial charge in [-0.1, -0.05) is 6.08 Å². The minimum Gasteiger partial charge on any atom is -0.480 e. The number of carboxylic acid groups (broad SMARTS) is 1. The first kappa shape index (κ1) is 13.0. The summed E-state index contributed by atoms with van der Waals surface area (Å²) in [6, 6.07) is 3.53. The van der Waals surface area contributed by atoms with E-state index in [0.717, 1.165) is 0 Å². The monoisotopic (exact) mass is 237 g/mol. The normalized spacial score (nSPS) is 9.88. The van der Waals surface area contributed by atoms with Gasteiger partial charge in [0.15, 0.2) is 0 Å². The number of aliphatic carboxylic acids is 1. The van der Waals surface area contributed by atoms with Crippen molar-refractivity contribution in [3.05, 3.63) is 36.8 Å². The number of aryl methyl sites for hydroxylation is 1. The molecule has 1 aromatic heterocycles. The number of carbonyl (C=O) groups excluding carboxylic acids is 1. The largest absolute Gasteiger partial charge is 0.480 e. The molecule has 1 amide bonds. The summed E-state index contributed by atoms with van der Waals surface area (Å²) in [4.78, 5) is 23.6. The van der Waals surface area contributed by atoms with Crippen LogP contribution in [0, 0.1) is 0 Å². The maximum atomic E-state index is 11.7. The Kier molecular flexibility index (Phi) is 5.00. The SMILES string of the molecule is C=CCN(CC(=O)O)C(=O)CCc1ccco1. The lowest BCUT2D eigenvalue weighted by molar-refractivity contribution is -0.144. The van der Waals surface area contributed by atoms with E-state index in [1.165, 1.54) is 11.0 Å². The van der Waals surface area contributed by atoms with E-state index in [1.54, 1.807) is 18.4 Å². The summed E-state index contributed by atoms with van der Waals surface area (Å²) in [6.45, 7) is 3.43. The number of carboxylic acids is 1. The topological polar surface area (TPSA) is 70.8 Å². The zero-order chi connectivity index (χ0) is 12.7. The average Bonchev–Trinajstić information content (AvgIpc) is 2.77. The van der Waals surface area contributed by atoms with E-state index in [-0.39, 0.29) is 25.4 Å². The van der Waals surface area contributed by atoms with Gasteiger partial charge in [0.05, 0.1) is 6.26 Å². The molecule has 1 aromatic rings. The van der Waals surface area contributed by atoms with Crippen LogP contribution in [0.1, 0.15) is 12.2 Å². The minimum absolute atomic E-state index is 0.219. The fourth-order valence-corrected chi connectivity index (χ4v) is 1.42. The molecule has 0 saturated carbocycles. The van der Waals surface area contributed by atoms with Gasteiger partial charge < -0.3 is 14.4 Å². The molecule has 5 nitrogen and oxygen atoms in total. The van der Waals surface area contributed by atoms with Gasteiger partial charge >= 0.3 is 5.97 Å². The highest BCUT2D eigenvalue weighted by Gasteiger charge is 2.15. The van der Waals surface area contributed by atoms with E-state index in [1.807, 2.05) is 0 Å². The second-order valence-electron chi connectivity index (χ2n) is 3.54. The summed E-state index contributed by atoms with van der Waals surface area (Å²) in [5.74, 6) is -0.533. The van der Waals surface area contributed by atoms with Crippen LogP contribution in [0.15, 0.2) is 35.5 Å². The molecule has 0 aliphatic heterocycles. The van der Waals surface area contributed by atoms with Crippen molar-refractivity contribution in [1.29, 1.82) is 0 Å². The third-order valence-corrected chi connectivity index (χ3v) is 2.19. The van der Waals surface area contributed by atoms with Gasteiger partial charge in [0.25, 0.3) is 0 Å². The predicted octanol–water partition coefficient (Wildman–Crippen LogP) is 1.31. The molecule has 17 heavy (non-hydrogen) atoms. The summed E-state index contributed by atoms with van der Waals surface area (Å²) in [5, 5.41) is 8.66. The molecule has 0 spiro atoms. The second-order valence-corrected chi connectivity index (χ2v) is 3.54. The van der Waals surface area contributed by atoms with E-state index in [4.69, 9.17) is 9.52 Å². The van der Waals surface area contributed by atoms with Gasteiger partial charge in [-0.3, -0.25) is 9.59 Å². The van der Waals surface area contributed by atoms with Crippen LogP contribution < -0.4 is 0 Å². The zero-order valence-corrected chi connectivity index (χ0v) is 9.46. The Hall–Kier alpha value is -2.04. The average molecular weight is 237 g/mol. The van der Waals surface area contributed by atoms with Crippen LogP contribution in [-0.4, -0.2) is 35.0 Å². The zero-order valence-electron chi connectivity index (χ0n) is 9.46. The van der Waals surface area contributed by atoms with Crippen LogP contribution in [0.4, 0.5) is 0 Å². The Morgan fingerprint density at radius 1 is 1.53 bits per heavy atom. The number of rotatable bonds is 7. The molecular formula is C12H15NO4. The summed E-state index contributed by atoms with van der Waals surface area (Å²) >= 11 is 0. The molecule has 92 valence electrons. The number of carbonyl (C=O) groups is 2. The summed E-state index contributed by atoms with van der Waals surface area (Å²) in [6.07, 6.45) is 3.75. The Bertz CT molecular complexity index is 383. The molecule has 0 saturated heterocycles. The van der Waals surface area contributed by atoms with Gasteiger partial charge in [-0.15, -0.1) is 6.58 Å². The molecular weight excluding hydrogens is 222 g/mol. The van der Waals surface area contributed by atoms with Crippen molar-refractivity contribution in [3.8, 4) is 0 Å². The lowest BCUT2D eigenvalue weighted by Gasteiger charge is -2.18. The van der Waals surface area contributed by atoms with Crippen molar-refractivity contribution < 1.29 is 19.1 Å². The third kappa shape index (κ3) is 4.55. The van der Waals surface area contributed by atoms with Gasteiger partial charge in [-0.2, -0.15) is 0 Å². The molecule has 1 heterocycles. The van der Waals surface area contributed by atoms with Crippen LogP contribution in [0.25, 0.3) is 0 Å². The van der Waals surface area contributed by atoms with Crippen molar-refractivity contribution in [2.24, 2.45) is 0 Å². The molecule has 0 aromatic carbocycles. The van der Waals surface area contributed by atoms with Crippen LogP contribution >= 0.6 is 0 Å². The van der Waals surface area contributed by atoms with E-state index in [0.29, 0.717) is 12.2 Å². The van der Waals surface area contributed by atoms with Crippen molar-refractivity contribution in [3.63, 3.8) is 0 Å². The Morgan fingerprint density at radius 3 is 2.82 bits per heavy atom. The summed E-state index contributed by atoms with van der Waals surface area (Å²) in [5.41, 5.74) is 0. The molecule has 0 bridgehead atoms. The van der Waals surface area contributed by atoms with Crippen molar-refractivity contribution in [1.82, 2.24) is 4.90 Å². The van der Waals surface area contributed by atoms with Gasteiger partial charge in [0.2, 0.25) is 5.91 Å². The van der Waals surface area contributed by atoms with Crippen LogP contribution in [-0.2, 0) is 16.0 Å². The van der Waals surface area contributed by atoms with Crippen molar-refractivity contribution in [2.75, 3.05) is 13.1 Å². The van der Waals surface area contributed by atoms with Gasteiger partial charge in [-0.05, 0) is 12.1 Å². The molecule has 1 rings (SSSR count). The Labute approximate surface area is 99.3 Å². The molecule has 0 radical (unpaired) electrons. The number of nitrogens with zero attached hydrogens (tertiary/aromatic N) is 1. The van der Waals surface area contributed by atoms with E-state index >= 15 is 0 Å². The number of amides is 1. The van der Waals surface area contributed by atoms with E-state index in [9.17, 15) is 9.59 Å². The van der Waals surface area contributed by atoms with Crippen LogP contribution in [0.5, 0.6) is 0 Å². The maximum absolute atomic E-state index is 11.7. The Balaban J connectivity index is 2.46. The van der Waals surface area contributed by atoms with Gasteiger partial charge in [0, 0.05) is 19.4 Å². The molecule has 0 aliphatic carbocycles. The van der Waals surface area contributed by atoms with E-state index in [2.05, 4.69) is 6.58 Å². The van der Waals surface area contributed by atoms with Crippen LogP contribution in [0.3, 0.4) is 0 Å². The third-order valence-electron chi connectivity index (χ3n) is 2.19. The summed E-state index contributed by atoms with van der Waals surface area (Å²) in [7, 11) is 0. The molecule has 1 N–H and O–H groups in total. The smallest absolute Gasteiger partial charge is 0.323 e. The standard InChI is InChI=1S/C12H15NO4/c1-2-7-13(9-12(15)16)11(14)6-5-10-4-3-8-17-10/h2-4,8H,1,5-7,9H2,(H,15,16). The lowest BCUT2D eigenvalue weighted by atomic mass is 10.2. The van der Waals surface area contributed by atoms with Crippen LogP contribution in [0.2, 0.25) is 0 Å². The van der Waals surface area contributed by atoms with Crippen molar-refractivity contribution in [2.45, 2.75) is 12.8 Å².